The van der Waals surface area contributed by atoms with Gasteiger partial charge in [0.2, 0.25) is 10.0 Å². The summed E-state index contributed by atoms with van der Waals surface area (Å²) in [6, 6.07) is 9.13. The molecule has 0 bridgehead atoms. The van der Waals surface area contributed by atoms with Gasteiger partial charge in [-0.25, -0.2) is 13.2 Å². The number of benzene rings is 1. The molecule has 0 saturated carbocycles. The minimum Gasteiger partial charge on any atom is -0.323 e. The average Bonchev–Trinajstić information content (AvgIpc) is 3.25. The van der Waals surface area contributed by atoms with Gasteiger partial charge in [-0.1, -0.05) is 18.2 Å². The second kappa shape index (κ2) is 7.12. The number of likely N-dealkylation sites (tertiary alicyclic amines) is 1. The summed E-state index contributed by atoms with van der Waals surface area (Å²) in [6.07, 6.45) is 1.96. The maximum Gasteiger partial charge on any atom is 0.323 e. The molecule has 9 heteroatoms. The van der Waals surface area contributed by atoms with Gasteiger partial charge in [-0.2, -0.15) is 5.10 Å². The van der Waals surface area contributed by atoms with E-state index in [0.717, 1.165) is 23.4 Å². The molecule has 2 aliphatic rings. The Kier molecular flexibility index (Phi) is 4.78. The van der Waals surface area contributed by atoms with E-state index in [-0.39, 0.29) is 12.6 Å². The minimum absolute atomic E-state index is 0.198. The number of aromatic nitrogens is 2. The Balaban J connectivity index is 1.49. The van der Waals surface area contributed by atoms with E-state index < -0.39 is 15.3 Å². The van der Waals surface area contributed by atoms with E-state index in [2.05, 4.69) is 10.4 Å². The smallest absolute Gasteiger partial charge is 0.323 e. The molecule has 1 aromatic carbocycles. The van der Waals surface area contributed by atoms with E-state index in [1.807, 2.05) is 31.2 Å². The van der Waals surface area contributed by atoms with Gasteiger partial charge in [0.1, 0.15) is 5.82 Å². The van der Waals surface area contributed by atoms with Gasteiger partial charge in [-0.05, 0) is 37.8 Å². The number of nitrogens with zero attached hydrogens (tertiary/aromatic N) is 4. The molecule has 1 atom stereocenters. The lowest BCUT2D eigenvalue weighted by molar-refractivity contribution is 0.200. The first-order chi connectivity index (χ1) is 13.4. The van der Waals surface area contributed by atoms with E-state index in [0.29, 0.717) is 31.7 Å². The highest BCUT2D eigenvalue weighted by Gasteiger charge is 2.39. The van der Waals surface area contributed by atoms with E-state index in [4.69, 9.17) is 0 Å². The molecule has 0 radical (unpaired) electrons. The summed E-state index contributed by atoms with van der Waals surface area (Å²) < 4.78 is 29.7. The largest absolute Gasteiger partial charge is 0.323 e. The minimum atomic E-state index is -3.52. The van der Waals surface area contributed by atoms with Crippen LogP contribution in [-0.2, 0) is 23.5 Å². The molecule has 1 saturated heterocycles. The Morgan fingerprint density at radius 1 is 1.25 bits per heavy atom. The Morgan fingerprint density at radius 2 is 2.04 bits per heavy atom. The molecule has 150 valence electrons. The van der Waals surface area contributed by atoms with Crippen LogP contribution < -0.4 is 9.62 Å². The van der Waals surface area contributed by atoms with Crippen molar-refractivity contribution < 1.29 is 13.2 Å². The molecule has 1 N–H and O–H groups in total. The summed E-state index contributed by atoms with van der Waals surface area (Å²) in [4.78, 5) is 14.3. The second-order valence-corrected chi connectivity index (χ2v) is 9.57. The topological polar surface area (TPSA) is 87.5 Å². The van der Waals surface area contributed by atoms with Gasteiger partial charge in [0, 0.05) is 32.7 Å². The van der Waals surface area contributed by atoms with Crippen LogP contribution in [0.1, 0.15) is 24.1 Å². The lowest BCUT2D eigenvalue weighted by Gasteiger charge is -2.34. The third-order valence-electron chi connectivity index (χ3n) is 5.48. The SMILES string of the molecule is Cc1cc(NC(=O)N2CCC[C@H](S(=O)(=O)N3CCc4ccccc43)C2)n(C)n1. The molecule has 3 heterocycles. The van der Waals surface area contributed by atoms with Crippen LogP contribution in [0.2, 0.25) is 0 Å². The number of carbonyl (C=O) groups is 1. The molecule has 1 aromatic heterocycles. The number of aryl methyl sites for hydroxylation is 2. The van der Waals surface area contributed by atoms with Gasteiger partial charge in [-0.3, -0.25) is 14.3 Å². The molecule has 1 fully saturated rings. The highest BCUT2D eigenvalue weighted by Crippen LogP contribution is 2.33. The van der Waals surface area contributed by atoms with Crippen molar-refractivity contribution in [3.05, 3.63) is 41.6 Å². The fourth-order valence-corrected chi connectivity index (χ4v) is 6.03. The van der Waals surface area contributed by atoms with Crippen LogP contribution >= 0.6 is 0 Å². The van der Waals surface area contributed by atoms with Crippen LogP contribution in [0.4, 0.5) is 16.3 Å². The maximum atomic E-state index is 13.3. The summed E-state index contributed by atoms with van der Waals surface area (Å²) in [5.41, 5.74) is 2.64. The molecule has 0 unspecified atom stereocenters. The van der Waals surface area contributed by atoms with Crippen molar-refractivity contribution in [3.8, 4) is 0 Å². The molecule has 2 amide bonds. The second-order valence-electron chi connectivity index (χ2n) is 7.43. The van der Waals surface area contributed by atoms with Crippen molar-refractivity contribution in [3.63, 3.8) is 0 Å². The molecule has 4 rings (SSSR count). The average molecular weight is 404 g/mol. The number of piperidine rings is 1. The number of hydrogen-bond donors (Lipinski definition) is 1. The molecule has 8 nitrogen and oxygen atoms in total. The zero-order valence-corrected chi connectivity index (χ0v) is 16.9. The third kappa shape index (κ3) is 3.34. The Morgan fingerprint density at radius 3 is 2.79 bits per heavy atom. The van der Waals surface area contributed by atoms with Crippen molar-refractivity contribution in [2.45, 2.75) is 31.4 Å². The van der Waals surface area contributed by atoms with E-state index in [1.54, 1.807) is 22.7 Å². The number of carbonyl (C=O) groups excluding carboxylic acids is 1. The number of amides is 2. The number of anilines is 2. The van der Waals surface area contributed by atoms with Crippen molar-refractivity contribution >= 4 is 27.6 Å². The summed E-state index contributed by atoms with van der Waals surface area (Å²) in [5, 5.41) is 6.46. The number of sulfonamides is 1. The maximum absolute atomic E-state index is 13.3. The van der Waals surface area contributed by atoms with Gasteiger partial charge >= 0.3 is 6.03 Å². The van der Waals surface area contributed by atoms with Crippen LogP contribution in [-0.4, -0.2) is 54.0 Å². The van der Waals surface area contributed by atoms with Crippen molar-refractivity contribution in [2.75, 3.05) is 29.3 Å². The fourth-order valence-electron chi connectivity index (χ4n) is 4.03. The predicted molar refractivity (Wildman–Crippen MR) is 108 cm³/mol. The Hall–Kier alpha value is -2.55. The first-order valence-corrected chi connectivity index (χ1v) is 11.0. The molecule has 2 aromatic rings. The van der Waals surface area contributed by atoms with Crippen LogP contribution in [0.15, 0.2) is 30.3 Å². The van der Waals surface area contributed by atoms with Gasteiger partial charge in [0.25, 0.3) is 0 Å². The van der Waals surface area contributed by atoms with Crippen molar-refractivity contribution in [1.29, 1.82) is 0 Å². The van der Waals surface area contributed by atoms with Crippen LogP contribution in [0, 0.1) is 6.92 Å². The number of para-hydroxylation sites is 1. The number of rotatable bonds is 3. The van der Waals surface area contributed by atoms with Crippen molar-refractivity contribution in [2.24, 2.45) is 7.05 Å². The molecule has 0 spiro atoms. The lowest BCUT2D eigenvalue weighted by atomic mass is 10.1. The normalized spacial score (nSPS) is 19.6. The number of fused-ring (bicyclic) bond motifs is 1. The first kappa shape index (κ1) is 18.8. The third-order valence-corrected chi connectivity index (χ3v) is 7.70. The lowest BCUT2D eigenvalue weighted by Crippen LogP contribution is -2.50. The molecule has 2 aliphatic heterocycles. The monoisotopic (exact) mass is 403 g/mol. The molecule has 0 aliphatic carbocycles. The van der Waals surface area contributed by atoms with Gasteiger partial charge in [0.05, 0.1) is 16.6 Å². The number of urea groups is 1. The van der Waals surface area contributed by atoms with E-state index in [1.165, 1.54) is 4.31 Å². The Bertz CT molecular complexity index is 1000. The van der Waals surface area contributed by atoms with Crippen LogP contribution in [0.3, 0.4) is 0 Å². The molecular weight excluding hydrogens is 378 g/mol. The number of hydrogen-bond acceptors (Lipinski definition) is 4. The summed E-state index contributed by atoms with van der Waals surface area (Å²) in [7, 11) is -1.76. The highest BCUT2D eigenvalue weighted by atomic mass is 32.2. The highest BCUT2D eigenvalue weighted by molar-refractivity contribution is 7.93. The number of nitrogens with one attached hydrogen (secondary N) is 1. The van der Waals surface area contributed by atoms with Gasteiger partial charge in [0.15, 0.2) is 0 Å². The quantitative estimate of drug-likeness (QED) is 0.850. The van der Waals surface area contributed by atoms with Crippen LogP contribution in [0.5, 0.6) is 0 Å². The zero-order valence-electron chi connectivity index (χ0n) is 16.1. The molecule has 28 heavy (non-hydrogen) atoms. The fraction of sp³-hybridized carbons (Fsp3) is 0.474. The zero-order chi connectivity index (χ0) is 19.9. The van der Waals surface area contributed by atoms with Gasteiger partial charge < -0.3 is 4.90 Å². The van der Waals surface area contributed by atoms with E-state index >= 15 is 0 Å². The summed E-state index contributed by atoms with van der Waals surface area (Å²) >= 11 is 0. The van der Waals surface area contributed by atoms with Gasteiger partial charge in [-0.15, -0.1) is 0 Å². The predicted octanol–water partition coefficient (Wildman–Crippen LogP) is 2.12. The summed E-state index contributed by atoms with van der Waals surface area (Å²) in [5.74, 6) is 0.598. The first-order valence-electron chi connectivity index (χ1n) is 9.52. The van der Waals surface area contributed by atoms with Crippen molar-refractivity contribution in [1.82, 2.24) is 14.7 Å². The standard InChI is InChI=1S/C19H25N5O3S/c1-14-12-18(22(2)21-14)20-19(25)23-10-5-7-16(13-23)28(26,27)24-11-9-15-6-3-4-8-17(15)24/h3-4,6,8,12,16H,5,7,9-11,13H2,1-2H3,(H,20,25)/t16-/m0/s1. The van der Waals surface area contributed by atoms with Crippen LogP contribution in [0.25, 0.3) is 0 Å². The summed E-state index contributed by atoms with van der Waals surface area (Å²) in [6.45, 7) is 3.07. The molecular formula is C19H25N5O3S. The Labute approximate surface area is 165 Å². The van der Waals surface area contributed by atoms with E-state index in [9.17, 15) is 13.2 Å².